The largest absolute Gasteiger partial charge is 0.480 e. The van der Waals surface area contributed by atoms with E-state index in [1.807, 2.05) is 44.2 Å². The monoisotopic (exact) mass is 508 g/mol. The fourth-order valence-electron chi connectivity index (χ4n) is 4.35. The maximum Gasteiger partial charge on any atom is 0.327 e. The van der Waals surface area contributed by atoms with Crippen LogP contribution in [0.3, 0.4) is 0 Å². The van der Waals surface area contributed by atoms with Crippen molar-refractivity contribution < 1.29 is 29.1 Å². The number of anilines is 2. The van der Waals surface area contributed by atoms with E-state index < -0.39 is 36.4 Å². The molecule has 0 radical (unpaired) electrons. The molecule has 2 aromatic rings. The van der Waals surface area contributed by atoms with Gasteiger partial charge in [0.05, 0.1) is 24.3 Å². The van der Waals surface area contributed by atoms with Crippen LogP contribution in [0.2, 0.25) is 0 Å². The lowest BCUT2D eigenvalue weighted by Crippen LogP contribution is -2.53. The minimum absolute atomic E-state index is 0.0722. The summed E-state index contributed by atoms with van der Waals surface area (Å²) in [4.78, 5) is 63.6. The predicted molar refractivity (Wildman–Crippen MR) is 138 cm³/mol. The van der Waals surface area contributed by atoms with Gasteiger partial charge in [0.1, 0.15) is 12.1 Å². The number of aliphatic carboxylic acids is 1. The molecule has 0 bridgehead atoms. The number of amides is 4. The lowest BCUT2D eigenvalue weighted by Gasteiger charge is -2.26. The van der Waals surface area contributed by atoms with Crippen LogP contribution in [0.1, 0.15) is 38.3 Å². The van der Waals surface area contributed by atoms with E-state index in [1.165, 1.54) is 6.92 Å². The molecule has 0 aliphatic carbocycles. The molecule has 0 spiro atoms. The summed E-state index contributed by atoms with van der Waals surface area (Å²) in [5, 5.41) is 17.7. The third kappa shape index (κ3) is 6.72. The summed E-state index contributed by atoms with van der Waals surface area (Å²) in [6, 6.07) is 12.0. The molecule has 10 nitrogen and oxygen atoms in total. The Morgan fingerprint density at radius 2 is 1.76 bits per heavy atom. The predicted octanol–water partition coefficient (Wildman–Crippen LogP) is 1.88. The van der Waals surface area contributed by atoms with Crippen LogP contribution in [0.25, 0.3) is 0 Å². The van der Waals surface area contributed by atoms with Gasteiger partial charge < -0.3 is 21.1 Å². The molecule has 0 fully saturated rings. The molecule has 1 aliphatic heterocycles. The van der Waals surface area contributed by atoms with Gasteiger partial charge in [-0.25, -0.2) is 4.79 Å². The fraction of sp³-hybridized carbons (Fsp3) is 0.370. The zero-order chi connectivity index (χ0) is 27.1. The summed E-state index contributed by atoms with van der Waals surface area (Å²) >= 11 is 0. The topological polar surface area (TPSA) is 145 Å². The molecule has 2 aromatic carbocycles. The first-order valence-electron chi connectivity index (χ1n) is 12.2. The van der Waals surface area contributed by atoms with Gasteiger partial charge in [0, 0.05) is 13.3 Å². The van der Waals surface area contributed by atoms with Crippen molar-refractivity contribution in [2.24, 2.45) is 5.92 Å². The minimum Gasteiger partial charge on any atom is -0.480 e. The first kappa shape index (κ1) is 27.4. The van der Waals surface area contributed by atoms with E-state index in [0.717, 1.165) is 10.5 Å². The number of nitrogens with one attached hydrogen (secondary N) is 3. The number of carbonyl (C=O) groups excluding carboxylic acids is 4. The Kier molecular flexibility index (Phi) is 9.00. The number of nitrogens with zero attached hydrogens (tertiary/aromatic N) is 1. The molecule has 3 atom stereocenters. The summed E-state index contributed by atoms with van der Waals surface area (Å²) in [6.45, 7) is 4.56. The van der Waals surface area contributed by atoms with Crippen LogP contribution < -0.4 is 20.9 Å². The number of fused-ring (bicyclic) bond motifs is 1. The number of benzene rings is 2. The average Bonchev–Trinajstić information content (AvgIpc) is 3.27. The van der Waals surface area contributed by atoms with Crippen LogP contribution >= 0.6 is 0 Å². The van der Waals surface area contributed by atoms with E-state index in [9.17, 15) is 29.1 Å². The fourth-order valence-corrected chi connectivity index (χ4v) is 4.35. The molecule has 0 saturated heterocycles. The van der Waals surface area contributed by atoms with Gasteiger partial charge in [-0.15, -0.1) is 0 Å². The highest BCUT2D eigenvalue weighted by Gasteiger charge is 2.40. The Labute approximate surface area is 215 Å². The zero-order valence-corrected chi connectivity index (χ0v) is 21.1. The van der Waals surface area contributed by atoms with Crippen LogP contribution in [0.5, 0.6) is 0 Å². The molecule has 37 heavy (non-hydrogen) atoms. The Hall–Kier alpha value is -4.21. The Bertz CT molecular complexity index is 1180. The van der Waals surface area contributed by atoms with E-state index in [-0.39, 0.29) is 30.6 Å². The summed E-state index contributed by atoms with van der Waals surface area (Å²) < 4.78 is 0. The van der Waals surface area contributed by atoms with E-state index in [2.05, 4.69) is 16.0 Å². The first-order chi connectivity index (χ1) is 17.6. The Morgan fingerprint density at radius 1 is 1.05 bits per heavy atom. The van der Waals surface area contributed by atoms with Crippen molar-refractivity contribution in [1.82, 2.24) is 10.6 Å². The molecule has 4 N–H and O–H groups in total. The lowest BCUT2D eigenvalue weighted by atomic mass is 9.98. The molecule has 1 unspecified atom stereocenters. The second-order valence-corrected chi connectivity index (χ2v) is 9.13. The average molecular weight is 509 g/mol. The van der Waals surface area contributed by atoms with Crippen LogP contribution in [0, 0.1) is 5.92 Å². The second kappa shape index (κ2) is 12.2. The standard InChI is InChI=1S/C27H32N4O6/c1-4-16(2)24(30-22(33)13-18-9-6-5-7-10-18)26(35)28-15-23(34)31-21(27(36)37)14-19-11-8-12-20(25(19)31)29-17(3)32/h5-12,16,21,24H,4,13-15H2,1-3H3,(H,28,35)(H,29,32)(H,30,33)(H,36,37)/t16-,21?,24-/m0/s1. The van der Waals surface area contributed by atoms with Gasteiger partial charge in [-0.1, -0.05) is 62.7 Å². The van der Waals surface area contributed by atoms with Gasteiger partial charge in [-0.2, -0.15) is 0 Å². The van der Waals surface area contributed by atoms with Crippen molar-refractivity contribution in [3.63, 3.8) is 0 Å². The summed E-state index contributed by atoms with van der Waals surface area (Å²) in [7, 11) is 0. The van der Waals surface area contributed by atoms with Crippen molar-refractivity contribution in [2.75, 3.05) is 16.8 Å². The molecule has 0 aromatic heterocycles. The van der Waals surface area contributed by atoms with Crippen molar-refractivity contribution in [1.29, 1.82) is 0 Å². The molecular formula is C27H32N4O6. The zero-order valence-electron chi connectivity index (χ0n) is 21.1. The van der Waals surface area contributed by atoms with Gasteiger partial charge in [0.2, 0.25) is 23.6 Å². The number of carbonyl (C=O) groups is 5. The first-order valence-corrected chi connectivity index (χ1v) is 12.2. The number of carboxylic acids is 1. The third-order valence-corrected chi connectivity index (χ3v) is 6.38. The third-order valence-electron chi connectivity index (χ3n) is 6.38. The Balaban J connectivity index is 1.74. The van der Waals surface area contributed by atoms with Crippen molar-refractivity contribution >= 4 is 41.0 Å². The summed E-state index contributed by atoms with van der Waals surface area (Å²) in [6.07, 6.45) is 0.790. The molecule has 1 aliphatic rings. The van der Waals surface area contributed by atoms with Gasteiger partial charge in [0.25, 0.3) is 0 Å². The highest BCUT2D eigenvalue weighted by atomic mass is 16.4. The Morgan fingerprint density at radius 3 is 2.38 bits per heavy atom. The molecule has 196 valence electrons. The number of hydrogen-bond donors (Lipinski definition) is 4. The van der Waals surface area contributed by atoms with Gasteiger partial charge in [0.15, 0.2) is 0 Å². The minimum atomic E-state index is -1.20. The summed E-state index contributed by atoms with van der Waals surface area (Å²) in [5.74, 6) is -3.27. The van der Waals surface area contributed by atoms with Crippen molar-refractivity contribution in [3.8, 4) is 0 Å². The number of carboxylic acid groups (broad SMARTS) is 1. The second-order valence-electron chi connectivity index (χ2n) is 9.13. The molecule has 0 saturated carbocycles. The van der Waals surface area contributed by atoms with Crippen LogP contribution in [0.15, 0.2) is 48.5 Å². The van der Waals surface area contributed by atoms with E-state index in [4.69, 9.17) is 0 Å². The van der Waals surface area contributed by atoms with E-state index in [1.54, 1.807) is 18.2 Å². The van der Waals surface area contributed by atoms with Crippen LogP contribution in [-0.4, -0.2) is 53.3 Å². The maximum absolute atomic E-state index is 13.2. The van der Waals surface area contributed by atoms with Crippen LogP contribution in [-0.2, 0) is 36.8 Å². The number of rotatable bonds is 10. The molecule has 3 rings (SSSR count). The summed E-state index contributed by atoms with van der Waals surface area (Å²) in [5.41, 5.74) is 2.03. The number of hydrogen-bond acceptors (Lipinski definition) is 5. The van der Waals surface area contributed by atoms with Crippen LogP contribution in [0.4, 0.5) is 11.4 Å². The maximum atomic E-state index is 13.2. The SMILES string of the molecule is CC[C@H](C)[C@H](NC(=O)Cc1ccccc1)C(=O)NCC(=O)N1c2c(cccc2NC(C)=O)CC1C(=O)O. The van der Waals surface area contributed by atoms with Crippen molar-refractivity contribution in [2.45, 2.75) is 52.1 Å². The quantitative estimate of drug-likeness (QED) is 0.386. The van der Waals surface area contributed by atoms with Crippen molar-refractivity contribution in [3.05, 3.63) is 59.7 Å². The molecule has 10 heteroatoms. The number of para-hydroxylation sites is 1. The smallest absolute Gasteiger partial charge is 0.327 e. The highest BCUT2D eigenvalue weighted by molar-refractivity contribution is 6.08. The van der Waals surface area contributed by atoms with Gasteiger partial charge >= 0.3 is 5.97 Å². The lowest BCUT2D eigenvalue weighted by molar-refractivity contribution is -0.139. The molecule has 1 heterocycles. The highest BCUT2D eigenvalue weighted by Crippen LogP contribution is 2.38. The van der Waals surface area contributed by atoms with E-state index in [0.29, 0.717) is 23.4 Å². The van der Waals surface area contributed by atoms with Gasteiger partial charge in [-0.05, 0) is 23.1 Å². The molecular weight excluding hydrogens is 476 g/mol. The molecule has 4 amide bonds. The van der Waals surface area contributed by atoms with E-state index >= 15 is 0 Å². The van der Waals surface area contributed by atoms with Gasteiger partial charge in [-0.3, -0.25) is 24.1 Å². The normalized spacial score (nSPS) is 15.8.